The van der Waals surface area contributed by atoms with E-state index in [0.717, 1.165) is 19.4 Å². The van der Waals surface area contributed by atoms with Crippen molar-refractivity contribution in [2.75, 3.05) is 6.54 Å². The maximum atomic E-state index is 12.2. The molecule has 1 saturated carbocycles. The third-order valence-electron chi connectivity index (χ3n) is 4.28. The smallest absolute Gasteiger partial charge is 0.223 e. The van der Waals surface area contributed by atoms with Crippen LogP contribution in [0.2, 0.25) is 0 Å². The van der Waals surface area contributed by atoms with E-state index in [9.17, 15) is 4.79 Å². The van der Waals surface area contributed by atoms with Gasteiger partial charge >= 0.3 is 0 Å². The Morgan fingerprint density at radius 3 is 2.69 bits per heavy atom. The van der Waals surface area contributed by atoms with Crippen LogP contribution in [0.1, 0.15) is 51.9 Å². The molecule has 1 amide bonds. The molecule has 0 aromatic carbocycles. The number of likely N-dealkylation sites (tertiary alicyclic amines) is 1. The number of carbonyl (C=O) groups excluding carboxylic acids is 1. The number of amides is 1. The minimum absolute atomic E-state index is 0.268. The van der Waals surface area contributed by atoms with E-state index in [-0.39, 0.29) is 6.04 Å². The molecule has 0 aromatic heterocycles. The molecule has 1 heterocycles. The van der Waals surface area contributed by atoms with Gasteiger partial charge in [-0.15, -0.1) is 0 Å². The van der Waals surface area contributed by atoms with Crippen LogP contribution in [0.5, 0.6) is 0 Å². The SMILES string of the molecule is CC1CCCCN1C(=O)C[C@@H]1CCC[C@H]1N. The third-order valence-corrected chi connectivity index (χ3v) is 4.28. The van der Waals surface area contributed by atoms with Crippen molar-refractivity contribution in [1.82, 2.24) is 4.90 Å². The number of hydrogen-bond acceptors (Lipinski definition) is 2. The number of rotatable bonds is 2. The van der Waals surface area contributed by atoms with Crippen molar-refractivity contribution >= 4 is 5.91 Å². The van der Waals surface area contributed by atoms with E-state index in [0.29, 0.717) is 24.3 Å². The second kappa shape index (κ2) is 5.17. The van der Waals surface area contributed by atoms with Gasteiger partial charge in [-0.05, 0) is 44.9 Å². The molecule has 1 unspecified atom stereocenters. The number of nitrogens with two attached hydrogens (primary N) is 1. The molecule has 1 saturated heterocycles. The highest BCUT2D eigenvalue weighted by molar-refractivity contribution is 5.77. The highest BCUT2D eigenvalue weighted by Crippen LogP contribution is 2.28. The van der Waals surface area contributed by atoms with Crippen LogP contribution >= 0.6 is 0 Å². The minimum Gasteiger partial charge on any atom is -0.340 e. The van der Waals surface area contributed by atoms with E-state index in [1.165, 1.54) is 25.7 Å². The summed E-state index contributed by atoms with van der Waals surface area (Å²) < 4.78 is 0. The Hall–Kier alpha value is -0.570. The highest BCUT2D eigenvalue weighted by Gasteiger charge is 2.30. The average molecular weight is 224 g/mol. The maximum absolute atomic E-state index is 12.2. The zero-order valence-corrected chi connectivity index (χ0v) is 10.3. The first kappa shape index (κ1) is 11.9. The highest BCUT2D eigenvalue weighted by atomic mass is 16.2. The summed E-state index contributed by atoms with van der Waals surface area (Å²) in [5, 5.41) is 0. The number of hydrogen-bond donors (Lipinski definition) is 1. The summed E-state index contributed by atoms with van der Waals surface area (Å²) in [5.74, 6) is 0.788. The van der Waals surface area contributed by atoms with Gasteiger partial charge in [-0.3, -0.25) is 4.79 Å². The lowest BCUT2D eigenvalue weighted by Crippen LogP contribution is -2.43. The summed E-state index contributed by atoms with van der Waals surface area (Å²) in [5.41, 5.74) is 6.02. The Morgan fingerprint density at radius 2 is 2.06 bits per heavy atom. The largest absolute Gasteiger partial charge is 0.340 e. The molecule has 2 rings (SSSR count). The standard InChI is InChI=1S/C13H24N2O/c1-10-5-2-3-8-15(10)13(16)9-11-6-4-7-12(11)14/h10-12H,2-9,14H2,1H3/t10?,11-,12+/m0/s1. The van der Waals surface area contributed by atoms with E-state index in [4.69, 9.17) is 5.73 Å². The van der Waals surface area contributed by atoms with Crippen LogP contribution in [0.15, 0.2) is 0 Å². The van der Waals surface area contributed by atoms with Crippen LogP contribution < -0.4 is 5.73 Å². The van der Waals surface area contributed by atoms with Gasteiger partial charge < -0.3 is 10.6 Å². The zero-order chi connectivity index (χ0) is 11.5. The molecule has 1 aliphatic carbocycles. The molecule has 3 heteroatoms. The van der Waals surface area contributed by atoms with E-state index < -0.39 is 0 Å². The van der Waals surface area contributed by atoms with E-state index in [1.807, 2.05) is 0 Å². The summed E-state index contributed by atoms with van der Waals surface area (Å²) in [6.45, 7) is 3.13. The summed E-state index contributed by atoms with van der Waals surface area (Å²) in [7, 11) is 0. The average Bonchev–Trinajstić information content (AvgIpc) is 2.65. The van der Waals surface area contributed by atoms with Gasteiger partial charge in [-0.1, -0.05) is 6.42 Å². The van der Waals surface area contributed by atoms with Crippen molar-refractivity contribution in [2.24, 2.45) is 11.7 Å². The lowest BCUT2D eigenvalue weighted by Gasteiger charge is -2.34. The first-order valence-corrected chi connectivity index (χ1v) is 6.73. The molecule has 92 valence electrons. The molecule has 0 spiro atoms. The van der Waals surface area contributed by atoms with Gasteiger partial charge in [-0.2, -0.15) is 0 Å². The predicted octanol–water partition coefficient (Wildman–Crippen LogP) is 1.90. The molecular weight excluding hydrogens is 200 g/mol. The number of nitrogens with zero attached hydrogens (tertiary/aromatic N) is 1. The Morgan fingerprint density at radius 1 is 1.25 bits per heavy atom. The Kier molecular flexibility index (Phi) is 3.85. The van der Waals surface area contributed by atoms with E-state index in [1.54, 1.807) is 0 Å². The molecule has 2 N–H and O–H groups in total. The first-order chi connectivity index (χ1) is 7.68. The van der Waals surface area contributed by atoms with Crippen molar-refractivity contribution in [3.05, 3.63) is 0 Å². The normalized spacial score (nSPS) is 35.4. The van der Waals surface area contributed by atoms with Gasteiger partial charge in [0.1, 0.15) is 0 Å². The van der Waals surface area contributed by atoms with Crippen LogP contribution in [0.25, 0.3) is 0 Å². The molecule has 2 aliphatic rings. The monoisotopic (exact) mass is 224 g/mol. The fourth-order valence-electron chi connectivity index (χ4n) is 3.13. The lowest BCUT2D eigenvalue weighted by atomic mass is 9.97. The molecular formula is C13H24N2O. The van der Waals surface area contributed by atoms with Crippen molar-refractivity contribution < 1.29 is 4.79 Å². The van der Waals surface area contributed by atoms with Gasteiger partial charge in [0, 0.05) is 25.0 Å². The predicted molar refractivity (Wildman–Crippen MR) is 65.0 cm³/mol. The second-order valence-corrected chi connectivity index (χ2v) is 5.49. The van der Waals surface area contributed by atoms with Crippen LogP contribution in [0, 0.1) is 5.92 Å². The van der Waals surface area contributed by atoms with Gasteiger partial charge in [0.05, 0.1) is 0 Å². The third kappa shape index (κ3) is 2.57. The summed E-state index contributed by atoms with van der Waals surface area (Å²) in [6.07, 6.45) is 7.76. The summed E-state index contributed by atoms with van der Waals surface area (Å²) >= 11 is 0. The van der Waals surface area contributed by atoms with Crippen molar-refractivity contribution in [1.29, 1.82) is 0 Å². The topological polar surface area (TPSA) is 46.3 Å². The molecule has 3 atom stereocenters. The second-order valence-electron chi connectivity index (χ2n) is 5.49. The fourth-order valence-corrected chi connectivity index (χ4v) is 3.13. The molecule has 0 radical (unpaired) electrons. The van der Waals surface area contributed by atoms with Crippen molar-refractivity contribution in [3.8, 4) is 0 Å². The van der Waals surface area contributed by atoms with Gasteiger partial charge in [-0.25, -0.2) is 0 Å². The molecule has 0 bridgehead atoms. The fraction of sp³-hybridized carbons (Fsp3) is 0.923. The van der Waals surface area contributed by atoms with Crippen molar-refractivity contribution in [2.45, 2.75) is 64.0 Å². The Balaban J connectivity index is 1.86. The van der Waals surface area contributed by atoms with Gasteiger partial charge in [0.2, 0.25) is 5.91 Å². The maximum Gasteiger partial charge on any atom is 0.223 e. The van der Waals surface area contributed by atoms with E-state index >= 15 is 0 Å². The summed E-state index contributed by atoms with van der Waals surface area (Å²) in [6, 6.07) is 0.711. The lowest BCUT2D eigenvalue weighted by molar-refractivity contribution is -0.135. The molecule has 1 aliphatic heterocycles. The minimum atomic E-state index is 0.268. The molecule has 2 fully saturated rings. The van der Waals surface area contributed by atoms with Gasteiger partial charge in [0.25, 0.3) is 0 Å². The summed E-state index contributed by atoms with van der Waals surface area (Å²) in [4.78, 5) is 14.3. The molecule has 3 nitrogen and oxygen atoms in total. The van der Waals surface area contributed by atoms with Crippen molar-refractivity contribution in [3.63, 3.8) is 0 Å². The van der Waals surface area contributed by atoms with Crippen LogP contribution in [0.3, 0.4) is 0 Å². The van der Waals surface area contributed by atoms with Gasteiger partial charge in [0.15, 0.2) is 0 Å². The van der Waals surface area contributed by atoms with Crippen LogP contribution in [0.4, 0.5) is 0 Å². The number of piperidine rings is 1. The Bertz CT molecular complexity index is 254. The molecule has 0 aromatic rings. The molecule has 16 heavy (non-hydrogen) atoms. The van der Waals surface area contributed by atoms with Crippen LogP contribution in [-0.2, 0) is 4.79 Å². The quantitative estimate of drug-likeness (QED) is 0.778. The first-order valence-electron chi connectivity index (χ1n) is 6.73. The van der Waals surface area contributed by atoms with E-state index in [2.05, 4.69) is 11.8 Å². The Labute approximate surface area is 98.4 Å². The zero-order valence-electron chi connectivity index (χ0n) is 10.3. The van der Waals surface area contributed by atoms with Crippen LogP contribution in [-0.4, -0.2) is 29.4 Å². The number of carbonyl (C=O) groups is 1.